The molecule has 0 saturated heterocycles. The minimum absolute atomic E-state index is 0.0000374. The molecule has 2 atom stereocenters. The van der Waals surface area contributed by atoms with Crippen LogP contribution in [0, 0.1) is 0 Å². The number of hydrogen-bond acceptors (Lipinski definition) is 7. The van der Waals surface area contributed by atoms with Gasteiger partial charge in [0, 0.05) is 24.9 Å². The van der Waals surface area contributed by atoms with Gasteiger partial charge in [-0.2, -0.15) is 5.01 Å². The molecule has 5 N–H and O–H groups in total. The maximum atomic E-state index is 12.8. The number of imide groups is 1. The lowest BCUT2D eigenvalue weighted by Crippen LogP contribution is -2.58. The molecular weight excluding hydrogens is 508 g/mol. The number of urea groups is 1. The fraction of sp³-hybridized carbons (Fsp3) is 0.231. The SMILES string of the molecule is C[C@H](NC(=O)OCc1ccccc1)C(=O)N[C@@H](C)C(=O)N(C)N(C(N)=O)C(=O)/C=C/C(=O)Nc1ccccc1. The summed E-state index contributed by atoms with van der Waals surface area (Å²) >= 11 is 0. The van der Waals surface area contributed by atoms with Crippen LogP contribution in [0.4, 0.5) is 15.3 Å². The third-order valence-electron chi connectivity index (χ3n) is 5.12. The van der Waals surface area contributed by atoms with E-state index in [0.717, 1.165) is 24.8 Å². The van der Waals surface area contributed by atoms with E-state index in [9.17, 15) is 28.8 Å². The van der Waals surface area contributed by atoms with Gasteiger partial charge >= 0.3 is 12.1 Å². The Kier molecular flexibility index (Phi) is 11.2. The number of anilines is 1. The van der Waals surface area contributed by atoms with Crippen LogP contribution in [0.3, 0.4) is 0 Å². The molecule has 0 aromatic heterocycles. The standard InChI is InChI=1S/C26H30N6O7/c1-17(29-26(38)39-16-19-10-6-4-7-11-19)23(35)28-18(2)24(36)31(3)32(25(27)37)22(34)15-14-21(33)30-20-12-8-5-9-13-20/h4-15,17-18H,16H2,1-3H3,(H2,27,37)(H,28,35)(H,29,38)(H,30,33)/b15-14+/t17-,18-/m0/s1. The van der Waals surface area contributed by atoms with Crippen molar-refractivity contribution >= 4 is 41.4 Å². The van der Waals surface area contributed by atoms with Crippen molar-refractivity contribution in [3.63, 3.8) is 0 Å². The largest absolute Gasteiger partial charge is 0.445 e. The Bertz CT molecular complexity index is 1220. The van der Waals surface area contributed by atoms with Crippen LogP contribution in [0.25, 0.3) is 0 Å². The van der Waals surface area contributed by atoms with Crippen molar-refractivity contribution in [1.29, 1.82) is 0 Å². The number of nitrogens with one attached hydrogen (secondary N) is 3. The van der Waals surface area contributed by atoms with Gasteiger partial charge in [0.25, 0.3) is 11.8 Å². The van der Waals surface area contributed by atoms with Crippen molar-refractivity contribution in [2.75, 3.05) is 12.4 Å². The van der Waals surface area contributed by atoms with E-state index in [2.05, 4.69) is 16.0 Å². The van der Waals surface area contributed by atoms with Crippen LogP contribution < -0.4 is 21.7 Å². The third-order valence-corrected chi connectivity index (χ3v) is 5.12. The van der Waals surface area contributed by atoms with Gasteiger partial charge in [0.05, 0.1) is 0 Å². The normalized spacial score (nSPS) is 12.0. The lowest BCUT2D eigenvalue weighted by Gasteiger charge is -2.30. The van der Waals surface area contributed by atoms with E-state index >= 15 is 0 Å². The van der Waals surface area contributed by atoms with Gasteiger partial charge in [-0.1, -0.05) is 48.5 Å². The lowest BCUT2D eigenvalue weighted by molar-refractivity contribution is -0.153. The molecule has 0 radical (unpaired) electrons. The van der Waals surface area contributed by atoms with Crippen LogP contribution in [-0.2, 0) is 30.5 Å². The fourth-order valence-corrected chi connectivity index (χ4v) is 3.11. The molecule has 0 bridgehead atoms. The topological polar surface area (TPSA) is 180 Å². The monoisotopic (exact) mass is 538 g/mol. The van der Waals surface area contributed by atoms with Crippen LogP contribution >= 0.6 is 0 Å². The summed E-state index contributed by atoms with van der Waals surface area (Å²) in [4.78, 5) is 73.8. The second-order valence-electron chi connectivity index (χ2n) is 8.20. The molecule has 0 unspecified atom stereocenters. The second-order valence-corrected chi connectivity index (χ2v) is 8.20. The van der Waals surface area contributed by atoms with Crippen LogP contribution in [0.1, 0.15) is 19.4 Å². The average molecular weight is 539 g/mol. The van der Waals surface area contributed by atoms with Gasteiger partial charge in [-0.15, -0.1) is 0 Å². The number of hydrogen-bond donors (Lipinski definition) is 4. The summed E-state index contributed by atoms with van der Waals surface area (Å²) < 4.78 is 5.06. The first-order chi connectivity index (χ1) is 18.5. The molecule has 0 aliphatic heterocycles. The number of ether oxygens (including phenoxy) is 1. The zero-order chi connectivity index (χ0) is 28.9. The van der Waals surface area contributed by atoms with E-state index in [1.54, 1.807) is 54.6 Å². The maximum absolute atomic E-state index is 12.8. The number of rotatable bonds is 9. The number of hydrazine groups is 1. The molecule has 13 nitrogen and oxygen atoms in total. The predicted molar refractivity (Wildman–Crippen MR) is 140 cm³/mol. The van der Waals surface area contributed by atoms with Gasteiger partial charge in [0.2, 0.25) is 11.8 Å². The summed E-state index contributed by atoms with van der Waals surface area (Å²) in [6.07, 6.45) is 0.800. The number of nitrogens with two attached hydrogens (primary N) is 1. The van der Waals surface area contributed by atoms with Gasteiger partial charge in [-0.3, -0.25) is 19.2 Å². The lowest BCUT2D eigenvalue weighted by atomic mass is 10.2. The van der Waals surface area contributed by atoms with Gasteiger partial charge in [0.15, 0.2) is 0 Å². The Labute approximate surface area is 224 Å². The zero-order valence-corrected chi connectivity index (χ0v) is 21.6. The molecule has 2 rings (SSSR count). The van der Waals surface area contributed by atoms with Gasteiger partial charge in [-0.05, 0) is 31.5 Å². The number of primary amides is 1. The number of nitrogens with zero attached hydrogens (tertiary/aromatic N) is 2. The molecule has 7 amide bonds. The average Bonchev–Trinajstić information content (AvgIpc) is 2.91. The molecule has 0 fully saturated rings. The Hall–Kier alpha value is -5.20. The Morgan fingerprint density at radius 3 is 2.05 bits per heavy atom. The molecule has 2 aromatic carbocycles. The molecule has 0 heterocycles. The van der Waals surface area contributed by atoms with Crippen molar-refractivity contribution in [2.45, 2.75) is 32.5 Å². The molecule has 0 spiro atoms. The first-order valence-corrected chi connectivity index (χ1v) is 11.7. The summed E-state index contributed by atoms with van der Waals surface area (Å²) in [5, 5.41) is 8.16. The van der Waals surface area contributed by atoms with E-state index in [-0.39, 0.29) is 6.61 Å². The number of para-hydroxylation sites is 1. The van der Waals surface area contributed by atoms with E-state index in [0.29, 0.717) is 15.7 Å². The van der Waals surface area contributed by atoms with Crippen molar-refractivity contribution < 1.29 is 33.5 Å². The highest BCUT2D eigenvalue weighted by Crippen LogP contribution is 2.06. The minimum Gasteiger partial charge on any atom is -0.445 e. The summed E-state index contributed by atoms with van der Waals surface area (Å²) in [6, 6.07) is 13.8. The van der Waals surface area contributed by atoms with Crippen LogP contribution in [0.5, 0.6) is 0 Å². The Morgan fingerprint density at radius 1 is 0.872 bits per heavy atom. The molecule has 0 saturated carbocycles. The number of benzene rings is 2. The Balaban J connectivity index is 1.91. The van der Waals surface area contributed by atoms with Gasteiger partial charge < -0.3 is 26.4 Å². The highest BCUT2D eigenvalue weighted by Gasteiger charge is 2.30. The smallest absolute Gasteiger partial charge is 0.408 e. The third kappa shape index (κ3) is 9.64. The Morgan fingerprint density at radius 2 is 1.46 bits per heavy atom. The number of carbonyl (C=O) groups is 6. The molecule has 0 aliphatic carbocycles. The number of alkyl carbamates (subject to hydrolysis) is 1. The first kappa shape index (κ1) is 30.0. The molecule has 0 aliphatic rings. The van der Waals surface area contributed by atoms with E-state index in [1.807, 2.05) is 6.07 Å². The molecular formula is C26H30N6O7. The zero-order valence-electron chi connectivity index (χ0n) is 21.6. The number of carbonyl (C=O) groups excluding carboxylic acids is 6. The van der Waals surface area contributed by atoms with E-state index < -0.39 is 47.8 Å². The predicted octanol–water partition coefficient (Wildman–Crippen LogP) is 1.28. The molecule has 39 heavy (non-hydrogen) atoms. The summed E-state index contributed by atoms with van der Waals surface area (Å²) in [6.45, 7) is 2.69. The van der Waals surface area contributed by atoms with Crippen molar-refractivity contribution in [2.24, 2.45) is 5.73 Å². The first-order valence-electron chi connectivity index (χ1n) is 11.7. The van der Waals surface area contributed by atoms with Crippen LogP contribution in [0.15, 0.2) is 72.8 Å². The highest BCUT2D eigenvalue weighted by molar-refractivity contribution is 6.07. The highest BCUT2D eigenvalue weighted by atomic mass is 16.5. The summed E-state index contributed by atoms with van der Waals surface area (Å²) in [5.74, 6) is -3.33. The van der Waals surface area contributed by atoms with Crippen LogP contribution in [-0.4, -0.2) is 64.9 Å². The maximum Gasteiger partial charge on any atom is 0.408 e. The number of likely N-dealkylation sites (N-methyl/N-ethyl adjacent to an activating group) is 1. The molecule has 206 valence electrons. The fourth-order valence-electron chi connectivity index (χ4n) is 3.11. The van der Waals surface area contributed by atoms with Crippen molar-refractivity contribution in [3.8, 4) is 0 Å². The molecule has 13 heteroatoms. The summed E-state index contributed by atoms with van der Waals surface area (Å²) in [5.41, 5.74) is 6.51. The summed E-state index contributed by atoms with van der Waals surface area (Å²) in [7, 11) is 1.09. The number of amides is 7. The van der Waals surface area contributed by atoms with Crippen LogP contribution in [0.2, 0.25) is 0 Å². The van der Waals surface area contributed by atoms with Gasteiger partial charge in [-0.25, -0.2) is 14.6 Å². The van der Waals surface area contributed by atoms with Crippen molar-refractivity contribution in [1.82, 2.24) is 20.7 Å². The van der Waals surface area contributed by atoms with E-state index in [1.165, 1.54) is 13.8 Å². The second kappa shape index (κ2) is 14.5. The minimum atomic E-state index is -1.29. The van der Waals surface area contributed by atoms with Crippen molar-refractivity contribution in [3.05, 3.63) is 78.4 Å². The molecule has 2 aromatic rings. The van der Waals surface area contributed by atoms with E-state index in [4.69, 9.17) is 10.5 Å². The quantitative estimate of drug-likeness (QED) is 0.274. The van der Waals surface area contributed by atoms with Gasteiger partial charge in [0.1, 0.15) is 18.7 Å².